The van der Waals surface area contributed by atoms with Crippen LogP contribution in [0.3, 0.4) is 0 Å². The Hall–Kier alpha value is -3.15. The number of hydrogen-bond donors (Lipinski definition) is 2. The topological polar surface area (TPSA) is 98.3 Å². The Bertz CT molecular complexity index is 723. The molecule has 0 spiro atoms. The van der Waals surface area contributed by atoms with Crippen molar-refractivity contribution in [3.63, 3.8) is 0 Å². The van der Waals surface area contributed by atoms with Gasteiger partial charge < -0.3 is 20.5 Å². The van der Waals surface area contributed by atoms with Gasteiger partial charge in [-0.15, -0.1) is 0 Å². The summed E-state index contributed by atoms with van der Waals surface area (Å²) in [5, 5.41) is 16.2. The predicted molar refractivity (Wildman–Crippen MR) is 79.5 cm³/mol. The van der Waals surface area contributed by atoms with Crippen LogP contribution in [0.5, 0.6) is 0 Å². The fraction of sp³-hybridized carbons (Fsp3) is 0.0625. The van der Waals surface area contributed by atoms with E-state index in [1.807, 2.05) is 0 Å². The zero-order valence-electron chi connectivity index (χ0n) is 11.8. The molecule has 0 bridgehead atoms. The minimum absolute atomic E-state index is 0.0217. The van der Waals surface area contributed by atoms with Crippen molar-refractivity contribution >= 4 is 29.2 Å². The van der Waals surface area contributed by atoms with E-state index in [0.29, 0.717) is 11.4 Å². The maximum atomic E-state index is 12.1. The Morgan fingerprint density at radius 1 is 0.818 bits per heavy atom. The van der Waals surface area contributed by atoms with Crippen LogP contribution in [0.25, 0.3) is 0 Å². The lowest BCUT2D eigenvalue weighted by molar-refractivity contribution is -0.255. The second-order valence-electron chi connectivity index (χ2n) is 4.55. The Balaban J connectivity index is 2.15. The van der Waals surface area contributed by atoms with Gasteiger partial charge in [-0.3, -0.25) is 9.59 Å². The van der Waals surface area contributed by atoms with Crippen molar-refractivity contribution in [2.75, 3.05) is 10.6 Å². The van der Waals surface area contributed by atoms with E-state index in [1.165, 1.54) is 25.1 Å². The van der Waals surface area contributed by atoms with Gasteiger partial charge in [-0.05, 0) is 30.3 Å². The molecule has 112 valence electrons. The van der Waals surface area contributed by atoms with Gasteiger partial charge in [-0.1, -0.05) is 18.2 Å². The van der Waals surface area contributed by atoms with E-state index >= 15 is 0 Å². The van der Waals surface area contributed by atoms with Crippen LogP contribution in [-0.4, -0.2) is 17.8 Å². The number of carboxylic acid groups (broad SMARTS) is 1. The summed E-state index contributed by atoms with van der Waals surface area (Å²) < 4.78 is 0. The molecule has 0 aliphatic heterocycles. The molecule has 0 saturated heterocycles. The Labute approximate surface area is 126 Å². The first kappa shape index (κ1) is 15.2. The molecule has 0 unspecified atom stereocenters. The quantitative estimate of drug-likeness (QED) is 0.887. The van der Waals surface area contributed by atoms with Crippen molar-refractivity contribution in [1.82, 2.24) is 0 Å². The summed E-state index contributed by atoms with van der Waals surface area (Å²) in [6.45, 7) is 1.40. The van der Waals surface area contributed by atoms with E-state index in [0.717, 1.165) is 0 Å². The fourth-order valence-corrected chi connectivity index (χ4v) is 1.90. The minimum atomic E-state index is -1.41. The van der Waals surface area contributed by atoms with E-state index in [4.69, 9.17) is 0 Å². The molecule has 2 amide bonds. The third-order valence-corrected chi connectivity index (χ3v) is 2.85. The maximum absolute atomic E-state index is 12.1. The van der Waals surface area contributed by atoms with E-state index in [-0.39, 0.29) is 17.0 Å². The van der Waals surface area contributed by atoms with Crippen LogP contribution in [0.4, 0.5) is 11.4 Å². The molecule has 0 heterocycles. The summed E-state index contributed by atoms with van der Waals surface area (Å²) in [6, 6.07) is 12.3. The van der Waals surface area contributed by atoms with Gasteiger partial charge in [0.1, 0.15) is 0 Å². The molecule has 0 aromatic heterocycles. The molecule has 0 aliphatic carbocycles. The van der Waals surface area contributed by atoms with Crippen LogP contribution in [0.1, 0.15) is 27.6 Å². The molecule has 2 rings (SSSR count). The van der Waals surface area contributed by atoms with Gasteiger partial charge in [0.25, 0.3) is 5.91 Å². The number of amides is 2. The van der Waals surface area contributed by atoms with Gasteiger partial charge in [-0.2, -0.15) is 0 Å². The largest absolute Gasteiger partial charge is 0.545 e. The van der Waals surface area contributed by atoms with Crippen molar-refractivity contribution in [2.24, 2.45) is 0 Å². The standard InChI is InChI=1S/C16H14N2O4/c1-10(19)17-11-6-8-12(9-7-11)18-15(20)13-4-2-3-5-14(13)16(21)22/h2-9H,1H3,(H,17,19)(H,18,20)(H,21,22)/p-1. The first-order chi connectivity index (χ1) is 10.5. The molecule has 6 nitrogen and oxygen atoms in total. The highest BCUT2D eigenvalue weighted by Crippen LogP contribution is 2.16. The Kier molecular flexibility index (Phi) is 4.53. The van der Waals surface area contributed by atoms with Gasteiger partial charge >= 0.3 is 0 Å². The van der Waals surface area contributed by atoms with Crippen molar-refractivity contribution in [1.29, 1.82) is 0 Å². The molecule has 6 heteroatoms. The third-order valence-electron chi connectivity index (χ3n) is 2.85. The first-order valence-electron chi connectivity index (χ1n) is 6.47. The number of aromatic carboxylic acids is 1. The average molecular weight is 297 g/mol. The maximum Gasteiger partial charge on any atom is 0.256 e. The number of benzene rings is 2. The summed E-state index contributed by atoms with van der Waals surface area (Å²) in [6.07, 6.45) is 0. The molecule has 0 aliphatic rings. The molecule has 0 saturated carbocycles. The highest BCUT2D eigenvalue weighted by atomic mass is 16.4. The van der Waals surface area contributed by atoms with E-state index in [1.54, 1.807) is 30.3 Å². The number of nitrogens with one attached hydrogen (secondary N) is 2. The molecule has 2 aromatic carbocycles. The lowest BCUT2D eigenvalue weighted by Crippen LogP contribution is -2.26. The van der Waals surface area contributed by atoms with E-state index < -0.39 is 11.9 Å². The second kappa shape index (κ2) is 6.53. The summed E-state index contributed by atoms with van der Waals surface area (Å²) in [5.41, 5.74) is 0.927. The average Bonchev–Trinajstić information content (AvgIpc) is 2.48. The number of carbonyl (C=O) groups is 3. The Morgan fingerprint density at radius 2 is 1.32 bits per heavy atom. The van der Waals surface area contributed by atoms with Crippen molar-refractivity contribution < 1.29 is 19.5 Å². The predicted octanol–water partition coefficient (Wildman–Crippen LogP) is 1.26. The van der Waals surface area contributed by atoms with Crippen molar-refractivity contribution in [3.8, 4) is 0 Å². The number of carbonyl (C=O) groups excluding carboxylic acids is 3. The molecule has 0 atom stereocenters. The number of hydrogen-bond acceptors (Lipinski definition) is 4. The van der Waals surface area contributed by atoms with Crippen LogP contribution in [0.2, 0.25) is 0 Å². The fourth-order valence-electron chi connectivity index (χ4n) is 1.90. The minimum Gasteiger partial charge on any atom is -0.545 e. The second-order valence-corrected chi connectivity index (χ2v) is 4.55. The normalized spacial score (nSPS) is 9.86. The van der Waals surface area contributed by atoms with Crippen LogP contribution in [0.15, 0.2) is 48.5 Å². The molecule has 2 aromatic rings. The number of carboxylic acids is 1. The van der Waals surface area contributed by atoms with Gasteiger partial charge in [0.05, 0.1) is 5.97 Å². The van der Waals surface area contributed by atoms with Gasteiger partial charge in [0, 0.05) is 29.4 Å². The zero-order valence-corrected chi connectivity index (χ0v) is 11.8. The summed E-state index contributed by atoms with van der Waals surface area (Å²) in [4.78, 5) is 34.0. The van der Waals surface area contributed by atoms with Gasteiger partial charge in [0.2, 0.25) is 5.91 Å². The smallest absolute Gasteiger partial charge is 0.256 e. The molecule has 22 heavy (non-hydrogen) atoms. The van der Waals surface area contributed by atoms with Gasteiger partial charge in [-0.25, -0.2) is 0 Å². The third kappa shape index (κ3) is 3.69. The van der Waals surface area contributed by atoms with Gasteiger partial charge in [0.15, 0.2) is 0 Å². The van der Waals surface area contributed by atoms with Crippen LogP contribution < -0.4 is 15.7 Å². The monoisotopic (exact) mass is 297 g/mol. The first-order valence-corrected chi connectivity index (χ1v) is 6.47. The SMILES string of the molecule is CC(=O)Nc1ccc(NC(=O)c2ccccc2C(=O)[O-])cc1. The number of rotatable bonds is 4. The van der Waals surface area contributed by atoms with Crippen LogP contribution >= 0.6 is 0 Å². The van der Waals surface area contributed by atoms with E-state index in [2.05, 4.69) is 10.6 Å². The molecule has 0 fully saturated rings. The van der Waals surface area contributed by atoms with Crippen LogP contribution in [0, 0.1) is 0 Å². The van der Waals surface area contributed by atoms with Crippen LogP contribution in [-0.2, 0) is 4.79 Å². The lowest BCUT2D eigenvalue weighted by atomic mass is 10.1. The summed E-state index contributed by atoms with van der Waals surface area (Å²) in [7, 11) is 0. The van der Waals surface area contributed by atoms with E-state index in [9.17, 15) is 19.5 Å². The highest BCUT2D eigenvalue weighted by Gasteiger charge is 2.11. The Morgan fingerprint density at radius 3 is 1.82 bits per heavy atom. The molecule has 2 N–H and O–H groups in total. The van der Waals surface area contributed by atoms with Crippen molar-refractivity contribution in [3.05, 3.63) is 59.7 Å². The molecule has 0 radical (unpaired) electrons. The molecular weight excluding hydrogens is 284 g/mol. The number of anilines is 2. The zero-order chi connectivity index (χ0) is 16.1. The molecular formula is C16H13N2O4-. The lowest BCUT2D eigenvalue weighted by Gasteiger charge is -2.11. The van der Waals surface area contributed by atoms with Crippen molar-refractivity contribution in [2.45, 2.75) is 6.92 Å². The highest BCUT2D eigenvalue weighted by molar-refractivity contribution is 6.10. The summed E-state index contributed by atoms with van der Waals surface area (Å²) in [5.74, 6) is -2.15. The summed E-state index contributed by atoms with van der Waals surface area (Å²) >= 11 is 0.